The highest BCUT2D eigenvalue weighted by Crippen LogP contribution is 2.23. The average Bonchev–Trinajstić information content (AvgIpc) is 2.69. The van der Waals surface area contributed by atoms with E-state index in [9.17, 15) is 22.4 Å². The molecule has 0 radical (unpaired) electrons. The second-order valence-electron chi connectivity index (χ2n) is 6.69. The van der Waals surface area contributed by atoms with Crippen molar-refractivity contribution < 1.29 is 22.4 Å². The van der Waals surface area contributed by atoms with E-state index in [1.54, 1.807) is 31.2 Å². The van der Waals surface area contributed by atoms with Gasteiger partial charge in [0, 0.05) is 18.1 Å². The van der Waals surface area contributed by atoms with Crippen molar-refractivity contribution >= 4 is 43.5 Å². The van der Waals surface area contributed by atoms with Gasteiger partial charge in [0.15, 0.2) is 0 Å². The van der Waals surface area contributed by atoms with Crippen LogP contribution in [0.2, 0.25) is 0 Å². The van der Waals surface area contributed by atoms with Gasteiger partial charge >= 0.3 is 0 Å². The second kappa shape index (κ2) is 10.0. The normalized spacial score (nSPS) is 12.2. The van der Waals surface area contributed by atoms with Gasteiger partial charge in [0.1, 0.15) is 18.4 Å². The maximum absolute atomic E-state index is 13.2. The summed E-state index contributed by atoms with van der Waals surface area (Å²) < 4.78 is 39.6. The van der Waals surface area contributed by atoms with E-state index in [4.69, 9.17) is 0 Å². The summed E-state index contributed by atoms with van der Waals surface area (Å²) >= 11 is 3.29. The van der Waals surface area contributed by atoms with Gasteiger partial charge in [-0.25, -0.2) is 12.8 Å². The maximum atomic E-state index is 13.2. The van der Waals surface area contributed by atoms with Crippen LogP contribution in [0.4, 0.5) is 10.1 Å². The number of nitrogens with zero attached hydrogens (tertiary/aromatic N) is 2. The SMILES string of the molecule is CNC(=O)[C@H](C)N(Cc1ccc(F)cc1)C(=O)CN(c1cccc(Br)c1)S(C)(=O)=O. The predicted molar refractivity (Wildman–Crippen MR) is 117 cm³/mol. The van der Waals surface area contributed by atoms with Crippen LogP contribution in [0.15, 0.2) is 53.0 Å². The minimum Gasteiger partial charge on any atom is -0.357 e. The molecule has 10 heteroatoms. The van der Waals surface area contributed by atoms with Crippen LogP contribution in [-0.2, 0) is 26.2 Å². The van der Waals surface area contributed by atoms with Crippen LogP contribution in [0, 0.1) is 5.82 Å². The molecule has 0 unspecified atom stereocenters. The zero-order chi connectivity index (χ0) is 22.5. The first-order valence-corrected chi connectivity index (χ1v) is 11.7. The van der Waals surface area contributed by atoms with Crippen molar-refractivity contribution in [1.29, 1.82) is 0 Å². The minimum absolute atomic E-state index is 0.0176. The molecule has 0 spiro atoms. The number of rotatable bonds is 8. The predicted octanol–water partition coefficient (Wildman–Crippen LogP) is 2.52. The number of sulfonamides is 1. The fourth-order valence-electron chi connectivity index (χ4n) is 2.82. The maximum Gasteiger partial charge on any atom is 0.244 e. The molecule has 2 aromatic rings. The van der Waals surface area contributed by atoms with Gasteiger partial charge in [-0.05, 0) is 42.8 Å². The summed E-state index contributed by atoms with van der Waals surface area (Å²) in [6.07, 6.45) is 1.01. The first-order chi connectivity index (χ1) is 14.0. The van der Waals surface area contributed by atoms with Crippen molar-refractivity contribution in [3.63, 3.8) is 0 Å². The molecular weight excluding hydrogens is 477 g/mol. The number of carbonyl (C=O) groups excluding carboxylic acids is 2. The number of hydrogen-bond donors (Lipinski definition) is 1. The van der Waals surface area contributed by atoms with Crippen molar-refractivity contribution in [3.05, 3.63) is 64.4 Å². The first-order valence-electron chi connectivity index (χ1n) is 9.01. The Balaban J connectivity index is 2.36. The first kappa shape index (κ1) is 23.8. The fourth-order valence-corrected chi connectivity index (χ4v) is 4.05. The lowest BCUT2D eigenvalue weighted by molar-refractivity contribution is -0.139. The molecule has 2 amide bonds. The molecule has 2 aromatic carbocycles. The molecule has 0 aliphatic carbocycles. The number of hydrogen-bond acceptors (Lipinski definition) is 4. The Hall–Kier alpha value is -2.46. The van der Waals surface area contributed by atoms with Gasteiger partial charge in [-0.1, -0.05) is 34.1 Å². The highest BCUT2D eigenvalue weighted by molar-refractivity contribution is 9.10. The summed E-state index contributed by atoms with van der Waals surface area (Å²) in [5.41, 5.74) is 0.920. The molecule has 0 aliphatic rings. The summed E-state index contributed by atoms with van der Waals surface area (Å²) in [6.45, 7) is 1.08. The highest BCUT2D eigenvalue weighted by Gasteiger charge is 2.29. The zero-order valence-electron chi connectivity index (χ0n) is 16.8. The number of amides is 2. The van der Waals surface area contributed by atoms with E-state index >= 15 is 0 Å². The van der Waals surface area contributed by atoms with Gasteiger partial charge in [0.05, 0.1) is 11.9 Å². The molecule has 2 rings (SSSR count). The molecule has 7 nitrogen and oxygen atoms in total. The number of likely N-dealkylation sites (N-methyl/N-ethyl adjacent to an activating group) is 1. The summed E-state index contributed by atoms with van der Waals surface area (Å²) in [6, 6.07) is 11.2. The molecule has 1 atom stereocenters. The summed E-state index contributed by atoms with van der Waals surface area (Å²) in [5, 5.41) is 2.49. The van der Waals surface area contributed by atoms with E-state index in [2.05, 4.69) is 21.2 Å². The molecule has 0 aromatic heterocycles. The molecule has 0 saturated carbocycles. The van der Waals surface area contributed by atoms with Gasteiger partial charge in [0.25, 0.3) is 0 Å². The molecule has 0 fully saturated rings. The van der Waals surface area contributed by atoms with Crippen molar-refractivity contribution in [2.45, 2.75) is 19.5 Å². The fraction of sp³-hybridized carbons (Fsp3) is 0.300. The number of anilines is 1. The van der Waals surface area contributed by atoms with Gasteiger partial charge < -0.3 is 10.2 Å². The lowest BCUT2D eigenvalue weighted by Crippen LogP contribution is -2.50. The van der Waals surface area contributed by atoms with Crippen molar-refractivity contribution in [3.8, 4) is 0 Å². The molecule has 30 heavy (non-hydrogen) atoms. The lowest BCUT2D eigenvalue weighted by Gasteiger charge is -2.31. The van der Waals surface area contributed by atoms with E-state index in [-0.39, 0.29) is 6.54 Å². The standard InChI is InChI=1S/C20H23BrFN3O4S/c1-14(20(27)23-2)24(12-15-7-9-17(22)10-8-15)19(26)13-25(30(3,28)29)18-6-4-5-16(21)11-18/h4-11,14H,12-13H2,1-3H3,(H,23,27)/t14-/m0/s1. The molecule has 0 heterocycles. The van der Waals surface area contributed by atoms with Crippen LogP contribution in [-0.4, -0.2) is 51.0 Å². The topological polar surface area (TPSA) is 86.8 Å². The lowest BCUT2D eigenvalue weighted by atomic mass is 10.1. The third-order valence-electron chi connectivity index (χ3n) is 4.46. The molecule has 162 valence electrons. The molecular formula is C20H23BrFN3O4S. The van der Waals surface area contributed by atoms with Gasteiger partial charge in [0.2, 0.25) is 21.8 Å². The molecule has 0 saturated heterocycles. The van der Waals surface area contributed by atoms with Crippen LogP contribution in [0.5, 0.6) is 0 Å². The Kier molecular flexibility index (Phi) is 7.96. The Morgan fingerprint density at radius 3 is 2.33 bits per heavy atom. The third kappa shape index (κ3) is 6.27. The largest absolute Gasteiger partial charge is 0.357 e. The van der Waals surface area contributed by atoms with E-state index < -0.39 is 40.2 Å². The van der Waals surface area contributed by atoms with Crippen molar-refractivity contribution in [2.24, 2.45) is 0 Å². The Bertz CT molecular complexity index is 1010. The van der Waals surface area contributed by atoms with E-state index in [1.807, 2.05) is 0 Å². The van der Waals surface area contributed by atoms with Crippen molar-refractivity contribution in [1.82, 2.24) is 10.2 Å². The summed E-state index contributed by atoms with van der Waals surface area (Å²) in [5.74, 6) is -1.39. The van der Waals surface area contributed by atoms with Gasteiger partial charge in [-0.2, -0.15) is 0 Å². The van der Waals surface area contributed by atoms with Crippen molar-refractivity contribution in [2.75, 3.05) is 24.2 Å². The molecule has 0 aliphatic heterocycles. The van der Waals surface area contributed by atoms with E-state index in [0.717, 1.165) is 10.6 Å². The Morgan fingerprint density at radius 1 is 1.17 bits per heavy atom. The van der Waals surface area contributed by atoms with E-state index in [1.165, 1.54) is 36.2 Å². The second-order valence-corrected chi connectivity index (χ2v) is 9.51. The van der Waals surface area contributed by atoms with Crippen LogP contribution in [0.3, 0.4) is 0 Å². The summed E-state index contributed by atoms with van der Waals surface area (Å²) in [4.78, 5) is 26.6. The Labute approximate surface area is 184 Å². The third-order valence-corrected chi connectivity index (χ3v) is 6.09. The van der Waals surface area contributed by atoms with Gasteiger partial charge in [-0.15, -0.1) is 0 Å². The average molecular weight is 500 g/mol. The Morgan fingerprint density at radius 2 is 1.80 bits per heavy atom. The quantitative estimate of drug-likeness (QED) is 0.604. The monoisotopic (exact) mass is 499 g/mol. The van der Waals surface area contributed by atoms with Crippen LogP contribution >= 0.6 is 15.9 Å². The molecule has 0 bridgehead atoms. The molecule has 1 N–H and O–H groups in total. The smallest absolute Gasteiger partial charge is 0.244 e. The zero-order valence-corrected chi connectivity index (χ0v) is 19.2. The van der Waals surface area contributed by atoms with Crippen LogP contribution < -0.4 is 9.62 Å². The number of halogens is 2. The van der Waals surface area contributed by atoms with E-state index in [0.29, 0.717) is 15.7 Å². The van der Waals surface area contributed by atoms with Gasteiger partial charge in [-0.3, -0.25) is 13.9 Å². The number of nitrogens with one attached hydrogen (secondary N) is 1. The summed E-state index contributed by atoms with van der Waals surface area (Å²) in [7, 11) is -2.33. The number of carbonyl (C=O) groups is 2. The number of benzene rings is 2. The van der Waals surface area contributed by atoms with Crippen LogP contribution in [0.25, 0.3) is 0 Å². The highest BCUT2D eigenvalue weighted by atomic mass is 79.9. The minimum atomic E-state index is -3.78. The van der Waals surface area contributed by atoms with Crippen LogP contribution in [0.1, 0.15) is 12.5 Å².